The molecule has 0 aliphatic carbocycles. The maximum absolute atomic E-state index is 12.3. The summed E-state index contributed by atoms with van der Waals surface area (Å²) in [5.41, 5.74) is 8.20. The van der Waals surface area contributed by atoms with Crippen molar-refractivity contribution in [3.63, 3.8) is 0 Å². The average molecular weight is 467 g/mol. The maximum Gasteiger partial charge on any atom is 0.410 e. The summed E-state index contributed by atoms with van der Waals surface area (Å²) >= 11 is 0. The van der Waals surface area contributed by atoms with E-state index in [1.165, 1.54) is 6.20 Å². The maximum atomic E-state index is 12.3. The number of aromatic nitrogens is 2. The molecule has 3 heterocycles. The molecule has 1 aliphatic rings. The molecule has 1 aromatic carbocycles. The molecule has 0 atom stereocenters. The lowest BCUT2D eigenvalue weighted by Crippen LogP contribution is -2.44. The highest BCUT2D eigenvalue weighted by Gasteiger charge is 2.27. The van der Waals surface area contributed by atoms with E-state index in [1.54, 1.807) is 17.9 Å². The summed E-state index contributed by atoms with van der Waals surface area (Å²) < 4.78 is 11.0. The Balaban J connectivity index is 1.45. The first-order valence-electron chi connectivity index (χ1n) is 11.3. The van der Waals surface area contributed by atoms with E-state index in [2.05, 4.69) is 20.6 Å². The van der Waals surface area contributed by atoms with E-state index >= 15 is 0 Å². The molecule has 34 heavy (non-hydrogen) atoms. The third-order valence-corrected chi connectivity index (χ3v) is 5.44. The van der Waals surface area contributed by atoms with E-state index in [4.69, 9.17) is 14.9 Å². The largest absolute Gasteiger partial charge is 0.444 e. The zero-order valence-corrected chi connectivity index (χ0v) is 19.8. The Bertz CT molecular complexity index is 1210. The molecule has 10 nitrogen and oxygen atoms in total. The molecule has 4 rings (SSSR count). The van der Waals surface area contributed by atoms with E-state index in [0.717, 1.165) is 11.2 Å². The Morgan fingerprint density at radius 2 is 1.94 bits per heavy atom. The molecule has 1 saturated heterocycles. The number of primary amides is 1. The van der Waals surface area contributed by atoms with Gasteiger partial charge in [0, 0.05) is 44.0 Å². The summed E-state index contributed by atoms with van der Waals surface area (Å²) in [6.07, 6.45) is 2.58. The van der Waals surface area contributed by atoms with Crippen LogP contribution in [-0.4, -0.2) is 51.6 Å². The molecule has 10 heteroatoms. The Morgan fingerprint density at radius 3 is 2.62 bits per heavy atom. The summed E-state index contributed by atoms with van der Waals surface area (Å²) in [6.45, 7) is 8.48. The van der Waals surface area contributed by atoms with E-state index in [9.17, 15) is 9.59 Å². The molecule has 0 bridgehead atoms. The summed E-state index contributed by atoms with van der Waals surface area (Å²) in [7, 11) is 0. The summed E-state index contributed by atoms with van der Waals surface area (Å²) in [5, 5.41) is 6.65. The highest BCUT2D eigenvalue weighted by atomic mass is 16.6. The number of anilines is 3. The van der Waals surface area contributed by atoms with Gasteiger partial charge in [0.15, 0.2) is 11.5 Å². The van der Waals surface area contributed by atoms with Crippen molar-refractivity contribution in [2.45, 2.75) is 52.2 Å². The number of piperidine rings is 1. The van der Waals surface area contributed by atoms with Crippen LogP contribution in [0.1, 0.15) is 49.9 Å². The standard InChI is InChI=1S/C24H30N6O4/c1-14-27-19-11-16(5-6-20(19)33-14)29-21-12-18(17(13-26-21)22(25)31)28-15-7-9-30(10-8-15)23(32)34-24(2,3)4/h5-6,11-13,15H,7-10H2,1-4H3,(H2,25,31)(H2,26,28,29). The molecule has 2 aromatic heterocycles. The molecule has 0 saturated carbocycles. The topological polar surface area (TPSA) is 136 Å². The second kappa shape index (κ2) is 9.20. The van der Waals surface area contributed by atoms with Crippen molar-refractivity contribution < 1.29 is 18.7 Å². The minimum atomic E-state index is -0.563. The zero-order chi connectivity index (χ0) is 24.5. The van der Waals surface area contributed by atoms with Crippen molar-refractivity contribution in [1.29, 1.82) is 0 Å². The Hall–Kier alpha value is -3.82. The van der Waals surface area contributed by atoms with Gasteiger partial charge in [-0.25, -0.2) is 14.8 Å². The molecule has 3 aromatic rings. The van der Waals surface area contributed by atoms with Gasteiger partial charge >= 0.3 is 6.09 Å². The van der Waals surface area contributed by atoms with Gasteiger partial charge in [-0.05, 0) is 51.8 Å². The highest BCUT2D eigenvalue weighted by Crippen LogP contribution is 2.26. The molecule has 0 unspecified atom stereocenters. The normalized spacial score (nSPS) is 14.8. The van der Waals surface area contributed by atoms with E-state index in [0.29, 0.717) is 54.5 Å². The number of rotatable bonds is 5. The van der Waals surface area contributed by atoms with Crippen molar-refractivity contribution >= 4 is 40.3 Å². The molecule has 0 radical (unpaired) electrons. The number of hydrogen-bond acceptors (Lipinski definition) is 8. The van der Waals surface area contributed by atoms with Gasteiger partial charge in [-0.1, -0.05) is 0 Å². The first-order valence-corrected chi connectivity index (χ1v) is 11.3. The summed E-state index contributed by atoms with van der Waals surface area (Å²) in [5.74, 6) is 0.589. The number of amides is 2. The Labute approximate surface area is 197 Å². The molecule has 0 spiro atoms. The quantitative estimate of drug-likeness (QED) is 0.509. The fourth-order valence-electron chi connectivity index (χ4n) is 3.86. The predicted octanol–water partition coefficient (Wildman–Crippen LogP) is 4.19. The molecular weight excluding hydrogens is 436 g/mol. The zero-order valence-electron chi connectivity index (χ0n) is 19.8. The third kappa shape index (κ3) is 5.56. The number of pyridine rings is 1. The van der Waals surface area contributed by atoms with Gasteiger partial charge in [0.25, 0.3) is 5.91 Å². The van der Waals surface area contributed by atoms with Crippen molar-refractivity contribution in [2.24, 2.45) is 5.73 Å². The van der Waals surface area contributed by atoms with Gasteiger partial charge in [-0.2, -0.15) is 0 Å². The molecular formula is C24H30N6O4. The number of benzene rings is 1. The van der Waals surface area contributed by atoms with Gasteiger partial charge < -0.3 is 30.4 Å². The van der Waals surface area contributed by atoms with Crippen LogP contribution in [0.5, 0.6) is 0 Å². The number of nitrogens with zero attached hydrogens (tertiary/aromatic N) is 3. The second-order valence-corrected chi connectivity index (χ2v) is 9.41. The van der Waals surface area contributed by atoms with Crippen LogP contribution in [0.4, 0.5) is 22.0 Å². The van der Waals surface area contributed by atoms with Gasteiger partial charge in [0.05, 0.1) is 11.3 Å². The lowest BCUT2D eigenvalue weighted by atomic mass is 10.0. The SMILES string of the molecule is Cc1nc2cc(Nc3cc(NC4CCN(C(=O)OC(C)(C)C)CC4)c(C(N)=O)cn3)ccc2o1. The lowest BCUT2D eigenvalue weighted by molar-refractivity contribution is 0.0210. The van der Waals surface area contributed by atoms with Crippen molar-refractivity contribution in [1.82, 2.24) is 14.9 Å². The number of oxazole rings is 1. The van der Waals surface area contributed by atoms with Gasteiger partial charge in [-0.3, -0.25) is 4.79 Å². The number of hydrogen-bond donors (Lipinski definition) is 3. The molecule has 1 aliphatic heterocycles. The fourth-order valence-corrected chi connectivity index (χ4v) is 3.86. The van der Waals surface area contributed by atoms with Crippen LogP contribution in [0, 0.1) is 6.92 Å². The molecule has 180 valence electrons. The van der Waals surface area contributed by atoms with Crippen molar-refractivity contribution in [3.8, 4) is 0 Å². The van der Waals surface area contributed by atoms with Gasteiger partial charge in [-0.15, -0.1) is 0 Å². The smallest absolute Gasteiger partial charge is 0.410 e. The number of ether oxygens (including phenoxy) is 1. The van der Waals surface area contributed by atoms with Crippen molar-refractivity contribution in [2.75, 3.05) is 23.7 Å². The monoisotopic (exact) mass is 466 g/mol. The minimum absolute atomic E-state index is 0.0708. The highest BCUT2D eigenvalue weighted by molar-refractivity contribution is 5.98. The number of carbonyl (C=O) groups is 2. The first-order chi connectivity index (χ1) is 16.1. The second-order valence-electron chi connectivity index (χ2n) is 9.41. The van der Waals surface area contributed by atoms with Crippen LogP contribution < -0.4 is 16.4 Å². The number of aryl methyl sites for hydroxylation is 1. The van der Waals surface area contributed by atoms with Crippen LogP contribution in [0.2, 0.25) is 0 Å². The number of carbonyl (C=O) groups excluding carboxylic acids is 2. The first kappa shape index (κ1) is 23.3. The van der Waals surface area contributed by atoms with Crippen LogP contribution in [-0.2, 0) is 4.74 Å². The van der Waals surface area contributed by atoms with Crippen LogP contribution in [0.15, 0.2) is 34.9 Å². The van der Waals surface area contributed by atoms with E-state index < -0.39 is 11.5 Å². The third-order valence-electron chi connectivity index (χ3n) is 5.44. The van der Waals surface area contributed by atoms with Gasteiger partial charge in [0.2, 0.25) is 0 Å². The molecule has 4 N–H and O–H groups in total. The number of likely N-dealkylation sites (tertiary alicyclic amines) is 1. The average Bonchev–Trinajstić information content (AvgIpc) is 3.12. The van der Waals surface area contributed by atoms with Gasteiger partial charge in [0.1, 0.15) is 16.9 Å². The van der Waals surface area contributed by atoms with Crippen molar-refractivity contribution in [3.05, 3.63) is 41.9 Å². The van der Waals surface area contributed by atoms with Crippen LogP contribution >= 0.6 is 0 Å². The fraction of sp³-hybridized carbons (Fsp3) is 0.417. The van der Waals surface area contributed by atoms with Crippen LogP contribution in [0.3, 0.4) is 0 Å². The number of nitrogens with one attached hydrogen (secondary N) is 2. The number of nitrogens with two attached hydrogens (primary N) is 1. The lowest BCUT2D eigenvalue weighted by Gasteiger charge is -2.34. The molecule has 1 fully saturated rings. The summed E-state index contributed by atoms with van der Waals surface area (Å²) in [4.78, 5) is 34.7. The van der Waals surface area contributed by atoms with E-state index in [1.807, 2.05) is 39.0 Å². The molecule has 2 amide bonds. The minimum Gasteiger partial charge on any atom is -0.444 e. The Kier molecular flexibility index (Phi) is 6.32. The predicted molar refractivity (Wildman–Crippen MR) is 129 cm³/mol. The van der Waals surface area contributed by atoms with Crippen LogP contribution in [0.25, 0.3) is 11.1 Å². The summed E-state index contributed by atoms with van der Waals surface area (Å²) in [6, 6.07) is 7.41. The number of fused-ring (bicyclic) bond motifs is 1. The Morgan fingerprint density at radius 1 is 1.21 bits per heavy atom. The van der Waals surface area contributed by atoms with E-state index in [-0.39, 0.29) is 12.1 Å².